The van der Waals surface area contributed by atoms with E-state index in [-0.39, 0.29) is 12.2 Å². The van der Waals surface area contributed by atoms with E-state index in [1.165, 1.54) is 6.07 Å². The molecule has 0 radical (unpaired) electrons. The summed E-state index contributed by atoms with van der Waals surface area (Å²) in [5, 5.41) is 2.73. The van der Waals surface area contributed by atoms with Gasteiger partial charge in [0, 0.05) is 23.8 Å². The molecule has 1 aromatic carbocycles. The number of carbonyl (C=O) groups excluding carboxylic acids is 1. The SMILES string of the molecule is Cc1cc(C(=O)NCc2nccn2-c2ccccc2)nc(=O)[nH]1. The maximum atomic E-state index is 12.1. The highest BCUT2D eigenvalue weighted by Crippen LogP contribution is 2.10. The summed E-state index contributed by atoms with van der Waals surface area (Å²) in [6.07, 6.45) is 3.50. The van der Waals surface area contributed by atoms with Crippen molar-refractivity contribution in [3.05, 3.63) is 76.5 Å². The zero-order chi connectivity index (χ0) is 16.2. The van der Waals surface area contributed by atoms with E-state index in [2.05, 4.69) is 20.3 Å². The van der Waals surface area contributed by atoms with E-state index in [0.29, 0.717) is 11.5 Å². The smallest absolute Gasteiger partial charge is 0.343 e. The van der Waals surface area contributed by atoms with Crippen molar-refractivity contribution in [2.75, 3.05) is 0 Å². The molecule has 2 N–H and O–H groups in total. The van der Waals surface area contributed by atoms with E-state index in [0.717, 1.165) is 5.69 Å². The van der Waals surface area contributed by atoms with E-state index >= 15 is 0 Å². The van der Waals surface area contributed by atoms with Crippen LogP contribution in [-0.4, -0.2) is 25.4 Å². The number of aromatic amines is 1. The van der Waals surface area contributed by atoms with Crippen LogP contribution in [0.15, 0.2) is 53.6 Å². The van der Waals surface area contributed by atoms with Gasteiger partial charge >= 0.3 is 5.69 Å². The molecule has 7 heteroatoms. The van der Waals surface area contributed by atoms with Crippen LogP contribution in [-0.2, 0) is 6.54 Å². The molecule has 0 fully saturated rings. The lowest BCUT2D eigenvalue weighted by Crippen LogP contribution is -2.28. The molecule has 23 heavy (non-hydrogen) atoms. The van der Waals surface area contributed by atoms with Gasteiger partial charge in [0.25, 0.3) is 5.91 Å². The Hall–Kier alpha value is -3.22. The summed E-state index contributed by atoms with van der Waals surface area (Å²) in [6, 6.07) is 11.2. The Morgan fingerprint density at radius 3 is 2.83 bits per heavy atom. The first-order valence-electron chi connectivity index (χ1n) is 7.07. The van der Waals surface area contributed by atoms with Gasteiger partial charge in [-0.15, -0.1) is 0 Å². The van der Waals surface area contributed by atoms with Gasteiger partial charge in [-0.1, -0.05) is 18.2 Å². The van der Waals surface area contributed by atoms with Crippen molar-refractivity contribution < 1.29 is 4.79 Å². The summed E-state index contributed by atoms with van der Waals surface area (Å²) in [4.78, 5) is 33.9. The Morgan fingerprint density at radius 2 is 2.09 bits per heavy atom. The highest BCUT2D eigenvalue weighted by atomic mass is 16.2. The lowest BCUT2D eigenvalue weighted by molar-refractivity contribution is 0.0944. The van der Waals surface area contributed by atoms with Gasteiger partial charge in [0.2, 0.25) is 0 Å². The van der Waals surface area contributed by atoms with Gasteiger partial charge in [0.15, 0.2) is 0 Å². The molecule has 2 heterocycles. The molecule has 0 atom stereocenters. The maximum absolute atomic E-state index is 12.1. The molecule has 116 valence electrons. The Balaban J connectivity index is 1.75. The van der Waals surface area contributed by atoms with Crippen LogP contribution in [0, 0.1) is 6.92 Å². The predicted molar refractivity (Wildman–Crippen MR) is 84.3 cm³/mol. The molecule has 3 rings (SSSR count). The molecule has 0 unspecified atom stereocenters. The Morgan fingerprint density at radius 1 is 1.30 bits per heavy atom. The van der Waals surface area contributed by atoms with Crippen LogP contribution < -0.4 is 11.0 Å². The lowest BCUT2D eigenvalue weighted by Gasteiger charge is -2.09. The van der Waals surface area contributed by atoms with Gasteiger partial charge in [-0.25, -0.2) is 9.78 Å². The van der Waals surface area contributed by atoms with Gasteiger partial charge < -0.3 is 14.9 Å². The highest BCUT2D eigenvalue weighted by molar-refractivity contribution is 5.92. The molecule has 0 saturated carbocycles. The number of aromatic nitrogens is 4. The zero-order valence-electron chi connectivity index (χ0n) is 12.5. The summed E-state index contributed by atoms with van der Waals surface area (Å²) in [7, 11) is 0. The number of nitrogens with zero attached hydrogens (tertiary/aromatic N) is 3. The summed E-state index contributed by atoms with van der Waals surface area (Å²) < 4.78 is 1.89. The van der Waals surface area contributed by atoms with Crippen molar-refractivity contribution in [3.63, 3.8) is 0 Å². The number of nitrogens with one attached hydrogen (secondary N) is 2. The van der Waals surface area contributed by atoms with Crippen molar-refractivity contribution in [1.82, 2.24) is 24.8 Å². The average molecular weight is 309 g/mol. The summed E-state index contributed by atoms with van der Waals surface area (Å²) >= 11 is 0. The first-order valence-corrected chi connectivity index (χ1v) is 7.07. The molecule has 0 aliphatic carbocycles. The highest BCUT2D eigenvalue weighted by Gasteiger charge is 2.11. The van der Waals surface area contributed by atoms with E-state index in [4.69, 9.17) is 0 Å². The van der Waals surface area contributed by atoms with E-state index in [1.807, 2.05) is 41.1 Å². The largest absolute Gasteiger partial charge is 0.345 e. The number of benzene rings is 1. The van der Waals surface area contributed by atoms with Gasteiger partial charge in [0.05, 0.1) is 6.54 Å². The Bertz CT molecular complexity index is 883. The van der Waals surface area contributed by atoms with Gasteiger partial charge in [0.1, 0.15) is 11.5 Å². The van der Waals surface area contributed by atoms with Crippen molar-refractivity contribution in [3.8, 4) is 5.69 Å². The van der Waals surface area contributed by atoms with Crippen molar-refractivity contribution in [2.24, 2.45) is 0 Å². The first kappa shape index (κ1) is 14.7. The number of imidazole rings is 1. The van der Waals surface area contributed by atoms with Gasteiger partial charge in [-0.2, -0.15) is 4.98 Å². The first-order chi connectivity index (χ1) is 11.1. The fraction of sp³-hybridized carbons (Fsp3) is 0.125. The van der Waals surface area contributed by atoms with E-state index in [9.17, 15) is 9.59 Å². The number of carbonyl (C=O) groups is 1. The number of aryl methyl sites for hydroxylation is 1. The normalized spacial score (nSPS) is 10.5. The molecule has 0 spiro atoms. The molecular weight excluding hydrogens is 294 g/mol. The zero-order valence-corrected chi connectivity index (χ0v) is 12.5. The van der Waals surface area contributed by atoms with Crippen LogP contribution >= 0.6 is 0 Å². The van der Waals surface area contributed by atoms with Gasteiger partial charge in [-0.05, 0) is 25.1 Å². The van der Waals surface area contributed by atoms with Crippen molar-refractivity contribution in [1.29, 1.82) is 0 Å². The number of rotatable bonds is 4. The van der Waals surface area contributed by atoms with E-state index in [1.54, 1.807) is 13.1 Å². The van der Waals surface area contributed by atoms with Crippen LogP contribution in [0.25, 0.3) is 5.69 Å². The minimum atomic E-state index is -0.541. The molecule has 0 saturated heterocycles. The maximum Gasteiger partial charge on any atom is 0.345 e. The molecule has 3 aromatic rings. The molecule has 0 aliphatic rings. The van der Waals surface area contributed by atoms with Crippen molar-refractivity contribution in [2.45, 2.75) is 13.5 Å². The molecule has 2 aromatic heterocycles. The minimum Gasteiger partial charge on any atom is -0.343 e. The van der Waals surface area contributed by atoms with E-state index < -0.39 is 11.6 Å². The average Bonchev–Trinajstić information content (AvgIpc) is 3.01. The lowest BCUT2D eigenvalue weighted by atomic mass is 10.3. The fourth-order valence-electron chi connectivity index (χ4n) is 2.23. The molecule has 0 bridgehead atoms. The van der Waals surface area contributed by atoms with Crippen LogP contribution in [0.1, 0.15) is 22.0 Å². The number of hydrogen-bond acceptors (Lipinski definition) is 4. The summed E-state index contributed by atoms with van der Waals surface area (Å²) in [5.41, 5.74) is 1.09. The van der Waals surface area contributed by atoms with Crippen LogP contribution in [0.5, 0.6) is 0 Å². The molecular formula is C16H15N5O2. The van der Waals surface area contributed by atoms with Crippen LogP contribution in [0.4, 0.5) is 0 Å². The number of H-pyrrole nitrogens is 1. The Kier molecular flexibility index (Phi) is 4.01. The Labute approximate surface area is 132 Å². The van der Waals surface area contributed by atoms with Crippen LogP contribution in [0.2, 0.25) is 0 Å². The topological polar surface area (TPSA) is 92.7 Å². The number of para-hydroxylation sites is 1. The summed E-state index contributed by atoms with van der Waals surface area (Å²) in [6.45, 7) is 1.93. The monoisotopic (exact) mass is 309 g/mol. The van der Waals surface area contributed by atoms with Crippen LogP contribution in [0.3, 0.4) is 0 Å². The molecule has 1 amide bonds. The third-order valence-corrected chi connectivity index (χ3v) is 3.27. The third-order valence-electron chi connectivity index (χ3n) is 3.27. The quantitative estimate of drug-likeness (QED) is 0.757. The second-order valence-electron chi connectivity index (χ2n) is 4.99. The van der Waals surface area contributed by atoms with Crippen molar-refractivity contribution >= 4 is 5.91 Å². The minimum absolute atomic E-state index is 0.0871. The summed E-state index contributed by atoms with van der Waals surface area (Å²) in [5.74, 6) is 0.271. The predicted octanol–water partition coefficient (Wildman–Crippen LogP) is 1.19. The fourth-order valence-corrected chi connectivity index (χ4v) is 2.23. The molecule has 0 aliphatic heterocycles. The standard InChI is InChI=1S/C16H15N5O2/c1-11-9-13(20-16(23)19-11)15(22)18-10-14-17-7-8-21(14)12-5-3-2-4-6-12/h2-9H,10H2,1H3,(H,18,22)(H,19,20,23). The van der Waals surface area contributed by atoms with Gasteiger partial charge in [-0.3, -0.25) is 4.79 Å². The second kappa shape index (κ2) is 6.27. The third kappa shape index (κ3) is 3.34. The molecule has 7 nitrogen and oxygen atoms in total. The second-order valence-corrected chi connectivity index (χ2v) is 4.99. The number of hydrogen-bond donors (Lipinski definition) is 2. The number of amides is 1.